The number of nitrogens with zero attached hydrogens (tertiary/aromatic N) is 2. The van der Waals surface area contributed by atoms with Crippen LogP contribution in [0.15, 0.2) is 29.3 Å². The summed E-state index contributed by atoms with van der Waals surface area (Å²) in [6, 6.07) is 5.61. The number of carbonyl (C=O) groups excluding carboxylic acids is 2. The molecule has 1 rings (SSSR count). The van der Waals surface area contributed by atoms with Gasteiger partial charge in [-0.3, -0.25) is 4.90 Å². The molecule has 148 valence electrons. The molecule has 8 nitrogen and oxygen atoms in total. The van der Waals surface area contributed by atoms with E-state index < -0.39 is 29.4 Å². The van der Waals surface area contributed by atoms with Crippen LogP contribution in [0.5, 0.6) is 0 Å². The molecule has 0 saturated heterocycles. The molecule has 8 heteroatoms. The maximum Gasteiger partial charge on any atom is 0.436 e. The first-order valence-electron chi connectivity index (χ1n) is 8.32. The smallest absolute Gasteiger partial charge is 0.436 e. The molecule has 0 radical (unpaired) electrons. The standard InChI is InChI=1S/C19H26N2O6/c1-18(2,3)26-16(24)20-14(21(7)17(25)27-19(4,5)6)12-8-10-13(11-9-12)15(22)23/h8-11H,1-7H3,(H,22,23)/b20-14-. The van der Waals surface area contributed by atoms with Crippen molar-refractivity contribution in [1.29, 1.82) is 0 Å². The van der Waals surface area contributed by atoms with Crippen LogP contribution in [0, 0.1) is 0 Å². The number of rotatable bonds is 2. The van der Waals surface area contributed by atoms with Crippen molar-refractivity contribution in [2.45, 2.75) is 52.7 Å². The maximum absolute atomic E-state index is 12.4. The predicted molar refractivity (Wildman–Crippen MR) is 100 cm³/mol. The first kappa shape index (κ1) is 22.1. The number of carboxylic acids is 1. The second-order valence-corrected chi connectivity index (χ2v) is 7.84. The van der Waals surface area contributed by atoms with E-state index in [1.807, 2.05) is 0 Å². The number of ether oxygens (including phenoxy) is 2. The van der Waals surface area contributed by atoms with Crippen molar-refractivity contribution in [3.63, 3.8) is 0 Å². The summed E-state index contributed by atoms with van der Waals surface area (Å²) < 4.78 is 10.5. The van der Waals surface area contributed by atoms with Gasteiger partial charge in [0.05, 0.1) is 5.56 Å². The average molecular weight is 378 g/mol. The summed E-state index contributed by atoms with van der Waals surface area (Å²) in [7, 11) is 1.41. The number of aliphatic imine (C=N–C) groups is 1. The lowest BCUT2D eigenvalue weighted by molar-refractivity contribution is 0.0401. The lowest BCUT2D eigenvalue weighted by atomic mass is 10.1. The first-order chi connectivity index (χ1) is 12.2. The summed E-state index contributed by atoms with van der Waals surface area (Å²) in [5.74, 6) is -1.11. The minimum atomic E-state index is -1.09. The molecule has 27 heavy (non-hydrogen) atoms. The topological polar surface area (TPSA) is 106 Å². The summed E-state index contributed by atoms with van der Waals surface area (Å²) in [6.07, 6.45) is -1.60. The van der Waals surface area contributed by atoms with Gasteiger partial charge in [-0.15, -0.1) is 0 Å². The van der Waals surface area contributed by atoms with Gasteiger partial charge in [-0.1, -0.05) is 12.1 Å². The number of hydrogen-bond donors (Lipinski definition) is 1. The second kappa shape index (κ2) is 8.20. The number of amidine groups is 1. The molecule has 0 saturated carbocycles. The number of benzene rings is 1. The van der Waals surface area contributed by atoms with Gasteiger partial charge in [0.2, 0.25) is 0 Å². The summed E-state index contributed by atoms with van der Waals surface area (Å²) in [5.41, 5.74) is -1.08. The molecule has 0 heterocycles. The van der Waals surface area contributed by atoms with E-state index in [2.05, 4.69) is 4.99 Å². The number of hydrogen-bond acceptors (Lipinski definition) is 5. The van der Waals surface area contributed by atoms with E-state index in [1.165, 1.54) is 31.3 Å². The van der Waals surface area contributed by atoms with Gasteiger partial charge in [0.1, 0.15) is 11.2 Å². The van der Waals surface area contributed by atoms with Crippen LogP contribution in [-0.2, 0) is 9.47 Å². The van der Waals surface area contributed by atoms with Crippen molar-refractivity contribution in [1.82, 2.24) is 4.90 Å². The molecule has 2 amide bonds. The minimum Gasteiger partial charge on any atom is -0.478 e. The molecule has 0 unspecified atom stereocenters. The average Bonchev–Trinajstić information content (AvgIpc) is 2.48. The van der Waals surface area contributed by atoms with Gasteiger partial charge in [-0.05, 0) is 53.7 Å². The fraction of sp³-hybridized carbons (Fsp3) is 0.474. The van der Waals surface area contributed by atoms with E-state index in [4.69, 9.17) is 14.6 Å². The highest BCUT2D eigenvalue weighted by atomic mass is 16.6. The molecule has 0 aliphatic rings. The first-order valence-corrected chi connectivity index (χ1v) is 8.32. The zero-order valence-corrected chi connectivity index (χ0v) is 16.7. The molecule has 0 spiro atoms. The molecule has 1 N–H and O–H groups in total. The Morgan fingerprint density at radius 2 is 1.33 bits per heavy atom. The van der Waals surface area contributed by atoms with Crippen molar-refractivity contribution in [2.24, 2.45) is 4.99 Å². The van der Waals surface area contributed by atoms with Crippen molar-refractivity contribution >= 4 is 24.0 Å². The molecule has 0 atom stereocenters. The Morgan fingerprint density at radius 1 is 0.889 bits per heavy atom. The molecule has 1 aromatic rings. The van der Waals surface area contributed by atoms with Crippen molar-refractivity contribution in [3.05, 3.63) is 35.4 Å². The van der Waals surface area contributed by atoms with E-state index in [1.54, 1.807) is 41.5 Å². The van der Waals surface area contributed by atoms with Crippen LogP contribution in [-0.4, -0.2) is 52.2 Å². The van der Waals surface area contributed by atoms with E-state index in [9.17, 15) is 14.4 Å². The Kier molecular flexibility index (Phi) is 6.72. The van der Waals surface area contributed by atoms with Gasteiger partial charge in [0.15, 0.2) is 5.84 Å². The van der Waals surface area contributed by atoms with E-state index in [0.717, 1.165) is 4.90 Å². The highest BCUT2D eigenvalue weighted by Crippen LogP contribution is 2.15. The van der Waals surface area contributed by atoms with Crippen LogP contribution in [0.25, 0.3) is 0 Å². The fourth-order valence-electron chi connectivity index (χ4n) is 1.88. The van der Waals surface area contributed by atoms with Crippen molar-refractivity contribution < 1.29 is 29.0 Å². The molecule has 0 aromatic heterocycles. The molecule has 1 aromatic carbocycles. The van der Waals surface area contributed by atoms with Gasteiger partial charge >= 0.3 is 18.2 Å². The Bertz CT molecular complexity index is 739. The lowest BCUT2D eigenvalue weighted by Gasteiger charge is -2.25. The quantitative estimate of drug-likeness (QED) is 0.617. The zero-order chi connectivity index (χ0) is 21.0. The maximum atomic E-state index is 12.4. The normalized spacial score (nSPS) is 12.3. The fourth-order valence-corrected chi connectivity index (χ4v) is 1.88. The SMILES string of the molecule is CN(C(=O)OC(C)(C)C)/C(=N\C(=O)OC(C)(C)C)c1ccc(C(=O)O)cc1. The lowest BCUT2D eigenvalue weighted by Crippen LogP contribution is -2.39. The number of aromatic carboxylic acids is 1. The summed E-state index contributed by atoms with van der Waals surface area (Å²) in [6.45, 7) is 10.2. The summed E-state index contributed by atoms with van der Waals surface area (Å²) in [5, 5.41) is 9.02. The van der Waals surface area contributed by atoms with Crippen LogP contribution < -0.4 is 0 Å². The summed E-state index contributed by atoms with van der Waals surface area (Å²) >= 11 is 0. The minimum absolute atomic E-state index is 0.0181. The Balaban J connectivity index is 3.29. The molecule has 0 fully saturated rings. The molecule has 0 aliphatic heterocycles. The van der Waals surface area contributed by atoms with Gasteiger partial charge in [-0.2, -0.15) is 4.99 Å². The third kappa shape index (κ3) is 7.47. The highest BCUT2D eigenvalue weighted by Gasteiger charge is 2.25. The van der Waals surface area contributed by atoms with Crippen molar-refractivity contribution in [2.75, 3.05) is 7.05 Å². The third-order valence-corrected chi connectivity index (χ3v) is 2.97. The molecule has 0 aliphatic carbocycles. The van der Waals surface area contributed by atoms with E-state index in [-0.39, 0.29) is 11.4 Å². The largest absolute Gasteiger partial charge is 0.478 e. The number of carboxylic acid groups (broad SMARTS) is 1. The van der Waals surface area contributed by atoms with Gasteiger partial charge in [-0.25, -0.2) is 14.4 Å². The Morgan fingerprint density at radius 3 is 1.74 bits per heavy atom. The van der Waals surface area contributed by atoms with Crippen LogP contribution >= 0.6 is 0 Å². The number of amides is 2. The predicted octanol–water partition coefficient (Wildman–Crippen LogP) is 3.93. The molecular formula is C19H26N2O6. The van der Waals surface area contributed by atoms with Crippen molar-refractivity contribution in [3.8, 4) is 0 Å². The molecule has 0 bridgehead atoms. The van der Waals surface area contributed by atoms with Crippen LogP contribution in [0.2, 0.25) is 0 Å². The van der Waals surface area contributed by atoms with Gasteiger partial charge in [0.25, 0.3) is 0 Å². The van der Waals surface area contributed by atoms with Gasteiger partial charge < -0.3 is 14.6 Å². The monoisotopic (exact) mass is 378 g/mol. The summed E-state index contributed by atoms with van der Waals surface area (Å²) in [4.78, 5) is 40.5. The zero-order valence-electron chi connectivity index (χ0n) is 16.7. The highest BCUT2D eigenvalue weighted by molar-refractivity contribution is 6.10. The molecular weight excluding hydrogens is 352 g/mol. The van der Waals surface area contributed by atoms with E-state index in [0.29, 0.717) is 5.56 Å². The third-order valence-electron chi connectivity index (χ3n) is 2.97. The van der Waals surface area contributed by atoms with Crippen LogP contribution in [0.4, 0.5) is 9.59 Å². The second-order valence-electron chi connectivity index (χ2n) is 7.84. The van der Waals surface area contributed by atoms with Crippen LogP contribution in [0.3, 0.4) is 0 Å². The van der Waals surface area contributed by atoms with Crippen LogP contribution in [0.1, 0.15) is 57.5 Å². The Hall–Kier alpha value is -2.90. The Labute approximate surface area is 158 Å². The number of carbonyl (C=O) groups is 3. The van der Waals surface area contributed by atoms with Gasteiger partial charge in [0, 0.05) is 12.6 Å². The van der Waals surface area contributed by atoms with E-state index >= 15 is 0 Å².